The molecule has 2 aliphatic carbocycles. The fourth-order valence-electron chi connectivity index (χ4n) is 4.22. The highest BCUT2D eigenvalue weighted by atomic mass is 35.5. The first-order chi connectivity index (χ1) is 8.56. The van der Waals surface area contributed by atoms with Gasteiger partial charge in [-0.05, 0) is 79.7 Å². The lowest BCUT2D eigenvalue weighted by atomic mass is 9.82. The number of hydrogen-bond acceptors (Lipinski definition) is 0. The van der Waals surface area contributed by atoms with Crippen molar-refractivity contribution in [3.63, 3.8) is 0 Å². The van der Waals surface area contributed by atoms with Crippen LogP contribution in [0.4, 0.5) is 4.39 Å². The zero-order valence-electron chi connectivity index (χ0n) is 11.0. The molecular formula is C16H20ClF. The molecule has 0 heterocycles. The molecule has 1 aromatic carbocycles. The van der Waals surface area contributed by atoms with Crippen molar-refractivity contribution in [3.05, 3.63) is 34.6 Å². The molecule has 0 saturated heterocycles. The summed E-state index contributed by atoms with van der Waals surface area (Å²) in [6, 6.07) is 3.23. The second kappa shape index (κ2) is 4.52. The van der Waals surface area contributed by atoms with Crippen LogP contribution < -0.4 is 0 Å². The van der Waals surface area contributed by atoms with Crippen molar-refractivity contribution in [2.75, 3.05) is 0 Å². The predicted octanol–water partition coefficient (Wildman–Crippen LogP) is 5.16. The quantitative estimate of drug-likeness (QED) is 0.649. The summed E-state index contributed by atoms with van der Waals surface area (Å²) in [5.41, 5.74) is 3.20. The summed E-state index contributed by atoms with van der Waals surface area (Å²) in [5.74, 6) is 2.17. The monoisotopic (exact) mass is 266 g/mol. The fourth-order valence-corrected chi connectivity index (χ4v) is 4.88. The van der Waals surface area contributed by atoms with E-state index in [0.717, 1.165) is 23.0 Å². The van der Waals surface area contributed by atoms with Crippen molar-refractivity contribution < 1.29 is 4.39 Å². The number of halogens is 2. The summed E-state index contributed by atoms with van der Waals surface area (Å²) in [4.78, 5) is 0. The Morgan fingerprint density at radius 1 is 1.17 bits per heavy atom. The standard InChI is InChI=1S/C16H20ClF/c1-9-5-13(18)6-10(2)15(9)16(17)14-8-11-3-4-12(14)7-11/h5-6,11-12,14,16H,3-4,7-8H2,1-2H3. The van der Waals surface area contributed by atoms with Gasteiger partial charge in [-0.2, -0.15) is 0 Å². The maximum atomic E-state index is 13.4. The summed E-state index contributed by atoms with van der Waals surface area (Å²) in [6.45, 7) is 3.96. The Morgan fingerprint density at radius 3 is 2.33 bits per heavy atom. The molecule has 2 heteroatoms. The Bertz CT molecular complexity index is 445. The minimum Gasteiger partial charge on any atom is -0.207 e. The molecule has 0 aliphatic heterocycles. The third-order valence-corrected chi connectivity index (χ3v) is 5.54. The molecule has 2 fully saturated rings. The van der Waals surface area contributed by atoms with Gasteiger partial charge < -0.3 is 0 Å². The Morgan fingerprint density at radius 2 is 1.83 bits per heavy atom. The summed E-state index contributed by atoms with van der Waals surface area (Å²) < 4.78 is 13.4. The molecule has 2 saturated carbocycles. The number of hydrogen-bond donors (Lipinski definition) is 0. The van der Waals surface area contributed by atoms with E-state index in [2.05, 4.69) is 0 Å². The van der Waals surface area contributed by atoms with Crippen molar-refractivity contribution in [3.8, 4) is 0 Å². The van der Waals surface area contributed by atoms with E-state index in [1.165, 1.54) is 31.2 Å². The first kappa shape index (κ1) is 12.5. The number of alkyl halides is 1. The first-order valence-electron chi connectivity index (χ1n) is 6.97. The van der Waals surface area contributed by atoms with Crippen LogP contribution in [0.15, 0.2) is 12.1 Å². The topological polar surface area (TPSA) is 0 Å². The lowest BCUT2D eigenvalue weighted by Crippen LogP contribution is -2.17. The Kier molecular flexibility index (Phi) is 3.13. The fraction of sp³-hybridized carbons (Fsp3) is 0.625. The maximum absolute atomic E-state index is 13.4. The van der Waals surface area contributed by atoms with E-state index in [-0.39, 0.29) is 11.2 Å². The van der Waals surface area contributed by atoms with Crippen LogP contribution in [0.25, 0.3) is 0 Å². The van der Waals surface area contributed by atoms with E-state index in [9.17, 15) is 4.39 Å². The minimum absolute atomic E-state index is 0.0703. The average Bonchev–Trinajstić information content (AvgIpc) is 2.88. The molecular weight excluding hydrogens is 247 g/mol. The van der Waals surface area contributed by atoms with Crippen molar-refractivity contribution >= 4 is 11.6 Å². The van der Waals surface area contributed by atoms with Gasteiger partial charge in [-0.15, -0.1) is 11.6 Å². The third-order valence-electron chi connectivity index (χ3n) is 5.00. The van der Waals surface area contributed by atoms with Gasteiger partial charge in [0.25, 0.3) is 0 Å². The van der Waals surface area contributed by atoms with E-state index in [0.29, 0.717) is 5.92 Å². The lowest BCUT2D eigenvalue weighted by Gasteiger charge is -2.28. The Hall–Kier alpha value is -0.560. The van der Waals surface area contributed by atoms with Gasteiger partial charge in [-0.1, -0.05) is 6.42 Å². The van der Waals surface area contributed by atoms with Gasteiger partial charge in [0.05, 0.1) is 5.38 Å². The largest absolute Gasteiger partial charge is 0.207 e. The Labute approximate surface area is 114 Å². The van der Waals surface area contributed by atoms with Gasteiger partial charge in [0, 0.05) is 0 Å². The van der Waals surface area contributed by atoms with Crippen molar-refractivity contribution in [2.45, 2.75) is 44.9 Å². The highest BCUT2D eigenvalue weighted by molar-refractivity contribution is 6.21. The molecule has 0 aromatic heterocycles. The Balaban J connectivity index is 1.91. The van der Waals surface area contributed by atoms with Gasteiger partial charge in [0.1, 0.15) is 5.82 Å². The SMILES string of the molecule is Cc1cc(F)cc(C)c1C(Cl)C1CC2CCC1C2. The molecule has 4 unspecified atom stereocenters. The van der Waals surface area contributed by atoms with Crippen LogP contribution in [0, 0.1) is 37.4 Å². The lowest BCUT2D eigenvalue weighted by molar-refractivity contribution is 0.322. The molecule has 98 valence electrons. The minimum atomic E-state index is -0.148. The summed E-state index contributed by atoms with van der Waals surface area (Å²) in [7, 11) is 0. The molecule has 0 N–H and O–H groups in total. The van der Waals surface area contributed by atoms with Gasteiger partial charge in [-0.25, -0.2) is 4.39 Å². The smallest absolute Gasteiger partial charge is 0.123 e. The van der Waals surface area contributed by atoms with Crippen molar-refractivity contribution in [2.24, 2.45) is 17.8 Å². The van der Waals surface area contributed by atoms with Crippen LogP contribution in [0.2, 0.25) is 0 Å². The molecule has 0 spiro atoms. The maximum Gasteiger partial charge on any atom is 0.123 e. The predicted molar refractivity (Wildman–Crippen MR) is 73.4 cm³/mol. The molecule has 1 aromatic rings. The summed E-state index contributed by atoms with van der Waals surface area (Å²) in [6.07, 6.45) is 5.38. The summed E-state index contributed by atoms with van der Waals surface area (Å²) >= 11 is 6.75. The zero-order valence-corrected chi connectivity index (χ0v) is 11.8. The van der Waals surface area contributed by atoms with Gasteiger partial charge in [0.2, 0.25) is 0 Å². The van der Waals surface area contributed by atoms with Crippen molar-refractivity contribution in [1.82, 2.24) is 0 Å². The van der Waals surface area contributed by atoms with E-state index in [4.69, 9.17) is 11.6 Å². The molecule has 0 nitrogen and oxygen atoms in total. The molecule has 0 amide bonds. The molecule has 3 rings (SSSR count). The van der Waals surface area contributed by atoms with Gasteiger partial charge >= 0.3 is 0 Å². The van der Waals surface area contributed by atoms with Crippen LogP contribution in [0.5, 0.6) is 0 Å². The van der Waals surface area contributed by atoms with Crippen LogP contribution >= 0.6 is 11.6 Å². The van der Waals surface area contributed by atoms with Crippen LogP contribution in [-0.2, 0) is 0 Å². The van der Waals surface area contributed by atoms with E-state index in [1.54, 1.807) is 12.1 Å². The molecule has 2 aliphatic rings. The van der Waals surface area contributed by atoms with Gasteiger partial charge in [-0.3, -0.25) is 0 Å². The van der Waals surface area contributed by atoms with Crippen molar-refractivity contribution in [1.29, 1.82) is 0 Å². The second-order valence-electron chi connectivity index (χ2n) is 6.19. The number of benzene rings is 1. The normalized spacial score (nSPS) is 31.9. The number of fused-ring (bicyclic) bond motifs is 2. The highest BCUT2D eigenvalue weighted by Gasteiger charge is 2.43. The van der Waals surface area contributed by atoms with E-state index < -0.39 is 0 Å². The third kappa shape index (κ3) is 1.97. The molecule has 4 atom stereocenters. The molecule has 2 bridgehead atoms. The summed E-state index contributed by atoms with van der Waals surface area (Å²) in [5, 5.41) is 0.0703. The number of rotatable bonds is 2. The highest BCUT2D eigenvalue weighted by Crippen LogP contribution is 2.55. The molecule has 0 radical (unpaired) electrons. The average molecular weight is 267 g/mol. The number of aryl methyl sites for hydroxylation is 2. The van der Waals surface area contributed by atoms with E-state index in [1.807, 2.05) is 13.8 Å². The first-order valence-corrected chi connectivity index (χ1v) is 7.40. The molecule has 18 heavy (non-hydrogen) atoms. The van der Waals surface area contributed by atoms with E-state index >= 15 is 0 Å². The second-order valence-corrected chi connectivity index (χ2v) is 6.66. The van der Waals surface area contributed by atoms with Crippen LogP contribution in [0.3, 0.4) is 0 Å². The zero-order chi connectivity index (χ0) is 12.9. The van der Waals surface area contributed by atoms with Crippen LogP contribution in [0.1, 0.15) is 47.8 Å². The van der Waals surface area contributed by atoms with Crippen LogP contribution in [-0.4, -0.2) is 0 Å². The van der Waals surface area contributed by atoms with Gasteiger partial charge in [0.15, 0.2) is 0 Å².